The van der Waals surface area contributed by atoms with Crippen molar-refractivity contribution < 1.29 is 23.7 Å². The second kappa shape index (κ2) is 12.3. The van der Waals surface area contributed by atoms with Crippen LogP contribution in [0, 0.1) is 5.92 Å². The number of benzene rings is 3. The molecule has 3 aromatic rings. The van der Waals surface area contributed by atoms with Gasteiger partial charge in [-0.2, -0.15) is 0 Å². The Kier molecular flexibility index (Phi) is 8.63. The van der Waals surface area contributed by atoms with E-state index in [0.717, 1.165) is 30.8 Å². The summed E-state index contributed by atoms with van der Waals surface area (Å²) in [4.78, 5) is 15.0. The fraction of sp³-hybridized carbons (Fsp3) is 0.345. The van der Waals surface area contributed by atoms with E-state index in [0.29, 0.717) is 31.3 Å². The molecule has 1 aliphatic heterocycles. The topological polar surface area (TPSA) is 57.2 Å². The minimum absolute atomic E-state index is 0.0147. The Balaban J connectivity index is 1.42. The van der Waals surface area contributed by atoms with Crippen LogP contribution in [0.2, 0.25) is 0 Å². The normalized spacial score (nSPS) is 17.7. The fourth-order valence-electron chi connectivity index (χ4n) is 4.57. The van der Waals surface area contributed by atoms with Crippen LogP contribution in [0.25, 0.3) is 0 Å². The lowest BCUT2D eigenvalue weighted by molar-refractivity contribution is -0.145. The number of esters is 1. The van der Waals surface area contributed by atoms with Gasteiger partial charge in [0, 0.05) is 32.0 Å². The Labute approximate surface area is 207 Å². The van der Waals surface area contributed by atoms with Crippen molar-refractivity contribution in [3.05, 3.63) is 90.0 Å². The number of methoxy groups -OCH3 is 2. The summed E-state index contributed by atoms with van der Waals surface area (Å²) in [5.74, 6) is 1.80. The van der Waals surface area contributed by atoms with Gasteiger partial charge in [0.2, 0.25) is 0 Å². The lowest BCUT2D eigenvalue weighted by Crippen LogP contribution is -2.24. The molecule has 0 N–H and O–H groups in total. The molecule has 1 fully saturated rings. The second-order valence-electron chi connectivity index (χ2n) is 8.69. The predicted molar refractivity (Wildman–Crippen MR) is 135 cm³/mol. The molecule has 6 heteroatoms. The van der Waals surface area contributed by atoms with Crippen LogP contribution in [-0.2, 0) is 16.1 Å². The van der Waals surface area contributed by atoms with Crippen molar-refractivity contribution in [3.63, 3.8) is 0 Å². The van der Waals surface area contributed by atoms with Gasteiger partial charge in [-0.25, -0.2) is 0 Å². The van der Waals surface area contributed by atoms with Crippen molar-refractivity contribution in [2.75, 3.05) is 40.5 Å². The lowest BCUT2D eigenvalue weighted by atomic mass is 9.89. The molecule has 0 amide bonds. The van der Waals surface area contributed by atoms with E-state index < -0.39 is 0 Å². The van der Waals surface area contributed by atoms with E-state index in [2.05, 4.69) is 17.0 Å². The number of likely N-dealkylation sites (tertiary alicyclic amines) is 1. The molecule has 0 bridgehead atoms. The van der Waals surface area contributed by atoms with Crippen LogP contribution in [0.1, 0.15) is 23.5 Å². The van der Waals surface area contributed by atoms with Gasteiger partial charge in [0.1, 0.15) is 5.75 Å². The SMILES string of the molecule is COC(=O)[C@H]1CN(Cc2ccccc2)C[C@@H]1c1ccc(OC)c(OCCCOc2ccccc2)c1. The van der Waals surface area contributed by atoms with Crippen LogP contribution < -0.4 is 14.2 Å². The highest BCUT2D eigenvalue weighted by Gasteiger charge is 2.39. The van der Waals surface area contributed by atoms with E-state index in [1.807, 2.05) is 66.7 Å². The quantitative estimate of drug-likeness (QED) is 0.290. The summed E-state index contributed by atoms with van der Waals surface area (Å²) in [6.07, 6.45) is 0.737. The number of hydrogen-bond donors (Lipinski definition) is 0. The van der Waals surface area contributed by atoms with Crippen molar-refractivity contribution in [3.8, 4) is 17.2 Å². The van der Waals surface area contributed by atoms with Crippen molar-refractivity contribution in [2.24, 2.45) is 5.92 Å². The number of nitrogens with zero attached hydrogens (tertiary/aromatic N) is 1. The average Bonchev–Trinajstić information content (AvgIpc) is 3.33. The van der Waals surface area contributed by atoms with Crippen molar-refractivity contribution in [1.29, 1.82) is 0 Å². The highest BCUT2D eigenvalue weighted by atomic mass is 16.5. The zero-order chi connectivity index (χ0) is 24.5. The first-order chi connectivity index (χ1) is 17.2. The summed E-state index contributed by atoms with van der Waals surface area (Å²) in [5, 5.41) is 0. The van der Waals surface area contributed by atoms with E-state index in [4.69, 9.17) is 18.9 Å². The molecule has 0 aliphatic carbocycles. The molecule has 184 valence electrons. The van der Waals surface area contributed by atoms with E-state index in [-0.39, 0.29) is 17.8 Å². The first-order valence-electron chi connectivity index (χ1n) is 12.0. The maximum atomic E-state index is 12.6. The van der Waals surface area contributed by atoms with E-state index in [1.54, 1.807) is 7.11 Å². The molecule has 6 nitrogen and oxygen atoms in total. The third-order valence-electron chi connectivity index (χ3n) is 6.32. The molecule has 1 aliphatic rings. The Morgan fingerprint density at radius 2 is 1.57 bits per heavy atom. The third-order valence-corrected chi connectivity index (χ3v) is 6.32. The number of rotatable bonds is 11. The van der Waals surface area contributed by atoms with Crippen LogP contribution in [0.3, 0.4) is 0 Å². The maximum absolute atomic E-state index is 12.6. The molecular weight excluding hydrogens is 442 g/mol. The summed E-state index contributed by atoms with van der Waals surface area (Å²) in [7, 11) is 3.09. The number of hydrogen-bond acceptors (Lipinski definition) is 6. The summed E-state index contributed by atoms with van der Waals surface area (Å²) in [6.45, 7) is 3.29. The Morgan fingerprint density at radius 3 is 2.29 bits per heavy atom. The van der Waals surface area contributed by atoms with E-state index in [1.165, 1.54) is 12.7 Å². The Morgan fingerprint density at radius 1 is 0.857 bits per heavy atom. The molecule has 2 atom stereocenters. The third kappa shape index (κ3) is 6.55. The Hall–Kier alpha value is -3.51. The van der Waals surface area contributed by atoms with Crippen molar-refractivity contribution >= 4 is 5.97 Å². The predicted octanol–water partition coefficient (Wildman–Crippen LogP) is 4.93. The van der Waals surface area contributed by atoms with Crippen LogP contribution in [0.5, 0.6) is 17.2 Å². The first-order valence-corrected chi connectivity index (χ1v) is 12.0. The smallest absolute Gasteiger partial charge is 0.310 e. The molecule has 4 rings (SSSR count). The molecule has 0 aromatic heterocycles. The zero-order valence-corrected chi connectivity index (χ0v) is 20.4. The largest absolute Gasteiger partial charge is 0.493 e. The van der Waals surface area contributed by atoms with Crippen LogP contribution in [-0.4, -0.2) is 51.4 Å². The van der Waals surface area contributed by atoms with Crippen molar-refractivity contribution in [1.82, 2.24) is 4.90 Å². The summed E-state index contributed by atoms with van der Waals surface area (Å²) < 4.78 is 22.5. The summed E-state index contributed by atoms with van der Waals surface area (Å²) >= 11 is 0. The monoisotopic (exact) mass is 475 g/mol. The van der Waals surface area contributed by atoms with E-state index in [9.17, 15) is 4.79 Å². The number of ether oxygens (including phenoxy) is 4. The fourth-order valence-corrected chi connectivity index (χ4v) is 4.57. The van der Waals surface area contributed by atoms with Crippen LogP contribution in [0.15, 0.2) is 78.9 Å². The minimum Gasteiger partial charge on any atom is -0.493 e. The molecule has 35 heavy (non-hydrogen) atoms. The van der Waals surface area contributed by atoms with Gasteiger partial charge in [-0.05, 0) is 35.4 Å². The van der Waals surface area contributed by atoms with Gasteiger partial charge in [-0.3, -0.25) is 9.69 Å². The highest BCUT2D eigenvalue weighted by Crippen LogP contribution is 2.38. The van der Waals surface area contributed by atoms with Crippen LogP contribution in [0.4, 0.5) is 0 Å². The van der Waals surface area contributed by atoms with Gasteiger partial charge >= 0.3 is 5.97 Å². The summed E-state index contributed by atoms with van der Waals surface area (Å²) in [5.41, 5.74) is 2.28. The first kappa shape index (κ1) is 24.6. The number of carbonyl (C=O) groups excluding carboxylic acids is 1. The van der Waals surface area contributed by atoms with Gasteiger partial charge in [-0.15, -0.1) is 0 Å². The van der Waals surface area contributed by atoms with Gasteiger partial charge in [0.05, 0.1) is 33.4 Å². The molecule has 3 aromatic carbocycles. The molecule has 1 saturated heterocycles. The van der Waals surface area contributed by atoms with Gasteiger partial charge in [0.15, 0.2) is 11.5 Å². The molecule has 0 spiro atoms. The second-order valence-corrected chi connectivity index (χ2v) is 8.69. The standard InChI is InChI=1S/C29H33NO5/c1-32-27-15-14-23(18-28(27)35-17-9-16-34-24-12-7-4-8-13-24)25-20-30(21-26(25)29(31)33-2)19-22-10-5-3-6-11-22/h3-8,10-15,18,25-26H,9,16-17,19-21H2,1-2H3/t25-,26+/m1/s1. The van der Waals surface area contributed by atoms with Gasteiger partial charge in [0.25, 0.3) is 0 Å². The lowest BCUT2D eigenvalue weighted by Gasteiger charge is -2.19. The van der Waals surface area contributed by atoms with Gasteiger partial charge < -0.3 is 18.9 Å². The number of carbonyl (C=O) groups is 1. The van der Waals surface area contributed by atoms with E-state index >= 15 is 0 Å². The molecule has 1 heterocycles. The average molecular weight is 476 g/mol. The van der Waals surface area contributed by atoms with Crippen molar-refractivity contribution in [2.45, 2.75) is 18.9 Å². The molecular formula is C29H33NO5. The van der Waals surface area contributed by atoms with Crippen LogP contribution >= 0.6 is 0 Å². The Bertz CT molecular complexity index is 1070. The molecule has 0 unspecified atom stereocenters. The van der Waals surface area contributed by atoms with Gasteiger partial charge in [-0.1, -0.05) is 54.6 Å². The molecule has 0 saturated carbocycles. The highest BCUT2D eigenvalue weighted by molar-refractivity contribution is 5.74. The minimum atomic E-state index is -0.232. The summed E-state index contributed by atoms with van der Waals surface area (Å²) in [6, 6.07) is 26.0. The molecule has 0 radical (unpaired) electrons. The number of para-hydroxylation sites is 1. The zero-order valence-electron chi connectivity index (χ0n) is 20.4. The maximum Gasteiger partial charge on any atom is 0.310 e.